The maximum absolute atomic E-state index is 5.83. The molecule has 0 aromatic heterocycles. The largest absolute Gasteiger partial charge is 0.383 e. The summed E-state index contributed by atoms with van der Waals surface area (Å²) in [5.41, 5.74) is 5.67. The molecule has 0 aliphatic heterocycles. The second-order valence-electron chi connectivity index (χ2n) is 4.11. The summed E-state index contributed by atoms with van der Waals surface area (Å²) in [5, 5.41) is 0. The number of ether oxygens (including phenoxy) is 3. The zero-order chi connectivity index (χ0) is 12.4. The van der Waals surface area contributed by atoms with Gasteiger partial charge in [0.05, 0.1) is 25.4 Å². The van der Waals surface area contributed by atoms with Gasteiger partial charge in [-0.15, -0.1) is 0 Å². The predicted molar refractivity (Wildman–Crippen MR) is 64.7 cm³/mol. The molecule has 0 rings (SSSR count). The van der Waals surface area contributed by atoms with Gasteiger partial charge in [-0.25, -0.2) is 0 Å². The lowest BCUT2D eigenvalue weighted by atomic mass is 10.0. The third kappa shape index (κ3) is 5.23. The molecule has 1 unspecified atom stereocenters. The van der Waals surface area contributed by atoms with Crippen LogP contribution in [0.3, 0.4) is 0 Å². The van der Waals surface area contributed by atoms with Crippen LogP contribution in [0.15, 0.2) is 0 Å². The third-order valence-corrected chi connectivity index (χ3v) is 2.79. The average Bonchev–Trinajstić information content (AvgIpc) is 2.29. The number of nitrogens with two attached hydrogens (primary N) is 1. The molecule has 5 nitrogen and oxygen atoms in total. The van der Waals surface area contributed by atoms with E-state index in [0.29, 0.717) is 26.4 Å². The lowest BCUT2D eigenvalue weighted by Crippen LogP contribution is -2.56. The van der Waals surface area contributed by atoms with Crippen LogP contribution in [0.4, 0.5) is 0 Å². The minimum absolute atomic E-state index is 0.161. The molecule has 0 bridgehead atoms. The van der Waals surface area contributed by atoms with Crippen molar-refractivity contribution in [3.05, 3.63) is 0 Å². The van der Waals surface area contributed by atoms with Crippen LogP contribution in [-0.2, 0) is 14.2 Å². The van der Waals surface area contributed by atoms with Crippen LogP contribution >= 0.6 is 0 Å². The SMILES string of the molecule is COCCN(CCOC)C(C)(CN)COC. The van der Waals surface area contributed by atoms with E-state index in [2.05, 4.69) is 11.8 Å². The van der Waals surface area contributed by atoms with E-state index in [1.165, 1.54) is 0 Å². The van der Waals surface area contributed by atoms with E-state index in [4.69, 9.17) is 19.9 Å². The fourth-order valence-electron chi connectivity index (χ4n) is 1.64. The summed E-state index contributed by atoms with van der Waals surface area (Å²) >= 11 is 0. The van der Waals surface area contributed by atoms with Crippen LogP contribution in [0.1, 0.15) is 6.92 Å². The molecule has 0 radical (unpaired) electrons. The van der Waals surface area contributed by atoms with Crippen LogP contribution in [0.5, 0.6) is 0 Å². The Labute approximate surface area is 98.8 Å². The average molecular weight is 234 g/mol. The Bertz CT molecular complexity index is 161. The van der Waals surface area contributed by atoms with E-state index in [-0.39, 0.29) is 5.54 Å². The number of nitrogens with zero attached hydrogens (tertiary/aromatic N) is 1. The van der Waals surface area contributed by atoms with Crippen molar-refractivity contribution in [2.24, 2.45) is 5.73 Å². The second kappa shape index (κ2) is 8.90. The number of hydrogen-bond donors (Lipinski definition) is 1. The van der Waals surface area contributed by atoms with Crippen molar-refractivity contribution >= 4 is 0 Å². The van der Waals surface area contributed by atoms with Crippen molar-refractivity contribution in [2.75, 3.05) is 60.8 Å². The Morgan fingerprint density at radius 3 is 1.81 bits per heavy atom. The van der Waals surface area contributed by atoms with Gasteiger partial charge in [-0.05, 0) is 6.92 Å². The molecule has 0 aliphatic rings. The maximum Gasteiger partial charge on any atom is 0.0656 e. The molecule has 0 aromatic rings. The summed E-state index contributed by atoms with van der Waals surface area (Å²) in [4.78, 5) is 2.25. The molecular weight excluding hydrogens is 208 g/mol. The Hall–Kier alpha value is -0.200. The summed E-state index contributed by atoms with van der Waals surface area (Å²) in [6.45, 7) is 6.28. The molecule has 0 aliphatic carbocycles. The van der Waals surface area contributed by atoms with Gasteiger partial charge in [-0.1, -0.05) is 0 Å². The van der Waals surface area contributed by atoms with Crippen molar-refractivity contribution in [3.63, 3.8) is 0 Å². The van der Waals surface area contributed by atoms with Gasteiger partial charge in [-0.3, -0.25) is 4.90 Å². The molecule has 0 saturated carbocycles. The van der Waals surface area contributed by atoms with Crippen LogP contribution < -0.4 is 5.73 Å². The Morgan fingerprint density at radius 2 is 1.50 bits per heavy atom. The monoisotopic (exact) mass is 234 g/mol. The molecule has 0 saturated heterocycles. The molecule has 16 heavy (non-hydrogen) atoms. The lowest BCUT2D eigenvalue weighted by molar-refractivity contribution is -0.000399. The highest BCUT2D eigenvalue weighted by Gasteiger charge is 2.29. The zero-order valence-corrected chi connectivity index (χ0v) is 11.0. The first-order valence-corrected chi connectivity index (χ1v) is 5.56. The van der Waals surface area contributed by atoms with Crippen LogP contribution in [-0.4, -0.2) is 71.2 Å². The van der Waals surface area contributed by atoms with Gasteiger partial charge in [0.2, 0.25) is 0 Å². The van der Waals surface area contributed by atoms with Gasteiger partial charge >= 0.3 is 0 Å². The van der Waals surface area contributed by atoms with Crippen LogP contribution in [0.2, 0.25) is 0 Å². The first-order valence-electron chi connectivity index (χ1n) is 5.56. The van der Waals surface area contributed by atoms with Crippen molar-refractivity contribution in [3.8, 4) is 0 Å². The van der Waals surface area contributed by atoms with Gasteiger partial charge in [0.15, 0.2) is 0 Å². The molecule has 0 fully saturated rings. The summed E-state index contributed by atoms with van der Waals surface area (Å²) in [6, 6.07) is 0. The molecule has 98 valence electrons. The Balaban J connectivity index is 4.40. The van der Waals surface area contributed by atoms with Gasteiger partial charge in [0, 0.05) is 41.0 Å². The van der Waals surface area contributed by atoms with E-state index in [1.807, 2.05) is 0 Å². The van der Waals surface area contributed by atoms with E-state index in [0.717, 1.165) is 13.1 Å². The molecule has 0 amide bonds. The lowest BCUT2D eigenvalue weighted by Gasteiger charge is -2.40. The molecule has 5 heteroatoms. The fraction of sp³-hybridized carbons (Fsp3) is 1.00. The number of rotatable bonds is 10. The Kier molecular flexibility index (Phi) is 8.78. The zero-order valence-electron chi connectivity index (χ0n) is 11.0. The molecule has 0 heterocycles. The molecule has 1 atom stereocenters. The normalized spacial score (nSPS) is 15.4. The molecular formula is C11H26N2O3. The summed E-state index contributed by atoms with van der Waals surface area (Å²) in [7, 11) is 5.09. The summed E-state index contributed by atoms with van der Waals surface area (Å²) < 4.78 is 15.4. The minimum atomic E-state index is -0.161. The van der Waals surface area contributed by atoms with Gasteiger partial charge < -0.3 is 19.9 Å². The number of hydrogen-bond acceptors (Lipinski definition) is 5. The number of methoxy groups -OCH3 is 3. The molecule has 2 N–H and O–H groups in total. The molecule has 0 aromatic carbocycles. The smallest absolute Gasteiger partial charge is 0.0656 e. The van der Waals surface area contributed by atoms with E-state index in [9.17, 15) is 0 Å². The first-order chi connectivity index (χ1) is 7.64. The minimum Gasteiger partial charge on any atom is -0.383 e. The van der Waals surface area contributed by atoms with Crippen molar-refractivity contribution in [2.45, 2.75) is 12.5 Å². The van der Waals surface area contributed by atoms with Crippen molar-refractivity contribution in [1.82, 2.24) is 4.90 Å². The second-order valence-corrected chi connectivity index (χ2v) is 4.11. The van der Waals surface area contributed by atoms with Crippen molar-refractivity contribution < 1.29 is 14.2 Å². The maximum atomic E-state index is 5.83. The van der Waals surface area contributed by atoms with E-state index < -0.39 is 0 Å². The highest BCUT2D eigenvalue weighted by Crippen LogP contribution is 2.13. The van der Waals surface area contributed by atoms with Crippen molar-refractivity contribution in [1.29, 1.82) is 0 Å². The Morgan fingerprint density at radius 1 is 1.00 bits per heavy atom. The van der Waals surface area contributed by atoms with E-state index >= 15 is 0 Å². The quantitative estimate of drug-likeness (QED) is 0.574. The summed E-state index contributed by atoms with van der Waals surface area (Å²) in [6.07, 6.45) is 0. The standard InChI is InChI=1S/C11H26N2O3/c1-11(9-12,10-16-4)13(5-7-14-2)6-8-15-3/h5-10,12H2,1-4H3. The van der Waals surface area contributed by atoms with E-state index in [1.54, 1.807) is 21.3 Å². The van der Waals surface area contributed by atoms with Gasteiger partial charge in [-0.2, -0.15) is 0 Å². The van der Waals surface area contributed by atoms with Crippen LogP contribution in [0.25, 0.3) is 0 Å². The fourth-order valence-corrected chi connectivity index (χ4v) is 1.64. The predicted octanol–water partition coefficient (Wildman–Crippen LogP) is -0.0550. The highest BCUT2D eigenvalue weighted by molar-refractivity contribution is 4.87. The van der Waals surface area contributed by atoms with Gasteiger partial charge in [0.25, 0.3) is 0 Å². The highest BCUT2D eigenvalue weighted by atomic mass is 16.5. The topological polar surface area (TPSA) is 57.0 Å². The summed E-state index contributed by atoms with van der Waals surface area (Å²) in [5.74, 6) is 0. The first kappa shape index (κ1) is 15.8. The molecule has 0 spiro atoms. The van der Waals surface area contributed by atoms with Crippen LogP contribution in [0, 0.1) is 0 Å². The van der Waals surface area contributed by atoms with Gasteiger partial charge in [0.1, 0.15) is 0 Å². The third-order valence-electron chi connectivity index (χ3n) is 2.79.